The fourth-order valence-corrected chi connectivity index (χ4v) is 5.67. The predicted molar refractivity (Wildman–Crippen MR) is 157 cm³/mol. The van der Waals surface area contributed by atoms with Gasteiger partial charge in [0.1, 0.15) is 34.4 Å². The molecule has 1 aliphatic carbocycles. The summed E-state index contributed by atoms with van der Waals surface area (Å²) < 4.78 is 47.2. The Kier molecular flexibility index (Phi) is 7.87. The van der Waals surface area contributed by atoms with E-state index in [0.717, 1.165) is 56.4 Å². The van der Waals surface area contributed by atoms with Gasteiger partial charge in [-0.3, -0.25) is 14.0 Å². The van der Waals surface area contributed by atoms with Crippen LogP contribution in [0.25, 0.3) is 16.8 Å². The molecule has 230 valence electrons. The maximum Gasteiger partial charge on any atom is 0.416 e. The lowest BCUT2D eigenvalue weighted by molar-refractivity contribution is -0.137. The number of pyridine rings is 1. The van der Waals surface area contributed by atoms with Crippen LogP contribution in [-0.4, -0.2) is 55.8 Å². The third-order valence-electron chi connectivity index (χ3n) is 8.04. The summed E-state index contributed by atoms with van der Waals surface area (Å²) in [5.74, 6) is 1.16. The van der Waals surface area contributed by atoms with Crippen LogP contribution in [-0.2, 0) is 11.0 Å². The van der Waals surface area contributed by atoms with E-state index in [0.29, 0.717) is 41.4 Å². The molecule has 1 saturated carbocycles. The lowest BCUT2D eigenvalue weighted by Gasteiger charge is -2.32. The van der Waals surface area contributed by atoms with Crippen molar-refractivity contribution in [2.45, 2.75) is 51.1 Å². The molecule has 6 rings (SSSR count). The number of nitrogen functional groups attached to an aromatic ring is 1. The number of benzene rings is 1. The van der Waals surface area contributed by atoms with Gasteiger partial charge in [0.25, 0.3) is 5.91 Å². The molecule has 44 heavy (non-hydrogen) atoms. The van der Waals surface area contributed by atoms with Gasteiger partial charge >= 0.3 is 6.18 Å². The van der Waals surface area contributed by atoms with Crippen molar-refractivity contribution in [1.29, 1.82) is 0 Å². The molecular formula is C31H32F3N7O3. The number of piperidine rings is 1. The molecule has 1 atom stereocenters. The van der Waals surface area contributed by atoms with E-state index in [4.69, 9.17) is 15.5 Å². The van der Waals surface area contributed by atoms with E-state index in [-0.39, 0.29) is 35.6 Å². The lowest BCUT2D eigenvalue weighted by atomic mass is 9.96. The van der Waals surface area contributed by atoms with Gasteiger partial charge in [-0.2, -0.15) is 13.2 Å². The van der Waals surface area contributed by atoms with Crippen LogP contribution in [0.15, 0.2) is 48.9 Å². The molecule has 2 aliphatic rings. The van der Waals surface area contributed by atoms with Crippen molar-refractivity contribution in [2.24, 2.45) is 5.92 Å². The number of anilines is 2. The van der Waals surface area contributed by atoms with Crippen molar-refractivity contribution in [2.75, 3.05) is 30.7 Å². The zero-order valence-corrected chi connectivity index (χ0v) is 24.1. The Labute approximate surface area is 251 Å². The number of likely N-dealkylation sites (tertiary alicyclic amines) is 1. The summed E-state index contributed by atoms with van der Waals surface area (Å²) in [6, 6.07) is 6.33. The van der Waals surface area contributed by atoms with Crippen molar-refractivity contribution < 1.29 is 27.5 Å². The minimum absolute atomic E-state index is 0.0180. The predicted octanol–water partition coefficient (Wildman–Crippen LogP) is 5.55. The first-order valence-corrected chi connectivity index (χ1v) is 14.6. The van der Waals surface area contributed by atoms with E-state index in [1.54, 1.807) is 25.4 Å². The maximum atomic E-state index is 13.1. The van der Waals surface area contributed by atoms with Gasteiger partial charge in [0.15, 0.2) is 0 Å². The standard InChI is InChI=1S/C31H32F3N7O3/c1-2-44-23-15-19(30(43)38-24-16-21(9-10-36-24)31(32,33)34)7-8-22(23)26-27-28(35)37-11-13-41(27)29(39-26)20-4-3-12-40(17-20)25(42)14-18-5-6-18/h7-11,13,15-16,18,20H,2-6,12,14,17H2,1H3,(H2,35,37)(H,36,38,43)/t20-/m1/s1. The molecule has 4 aromatic rings. The minimum atomic E-state index is -4.57. The first kappa shape index (κ1) is 29.4. The Balaban J connectivity index is 1.33. The number of hydrogen-bond acceptors (Lipinski definition) is 7. The highest BCUT2D eigenvalue weighted by Crippen LogP contribution is 2.39. The summed E-state index contributed by atoms with van der Waals surface area (Å²) in [5.41, 5.74) is 7.28. The maximum absolute atomic E-state index is 13.1. The molecule has 4 heterocycles. The molecule has 1 aliphatic heterocycles. The Morgan fingerprint density at radius 2 is 1.93 bits per heavy atom. The lowest BCUT2D eigenvalue weighted by Crippen LogP contribution is -2.39. The van der Waals surface area contributed by atoms with Crippen LogP contribution in [0.2, 0.25) is 0 Å². The summed E-state index contributed by atoms with van der Waals surface area (Å²) in [6.45, 7) is 3.37. The summed E-state index contributed by atoms with van der Waals surface area (Å²) in [6.07, 6.45) is 4.37. The van der Waals surface area contributed by atoms with Crippen molar-refractivity contribution >= 4 is 29.0 Å². The number of imidazole rings is 1. The fraction of sp³-hybridized carbons (Fsp3) is 0.387. The van der Waals surface area contributed by atoms with Gasteiger partial charge < -0.3 is 20.7 Å². The zero-order chi connectivity index (χ0) is 31.0. The molecule has 1 saturated heterocycles. The average molecular weight is 608 g/mol. The van der Waals surface area contributed by atoms with Crippen LogP contribution in [0.1, 0.15) is 66.7 Å². The molecular weight excluding hydrogens is 575 g/mol. The second-order valence-electron chi connectivity index (χ2n) is 11.2. The number of hydrogen-bond donors (Lipinski definition) is 2. The molecule has 0 spiro atoms. The molecule has 0 bridgehead atoms. The summed E-state index contributed by atoms with van der Waals surface area (Å²) in [7, 11) is 0. The first-order valence-electron chi connectivity index (χ1n) is 14.6. The number of fused-ring (bicyclic) bond motifs is 1. The monoisotopic (exact) mass is 607 g/mol. The van der Waals surface area contributed by atoms with E-state index in [1.165, 1.54) is 12.1 Å². The number of amides is 2. The number of carbonyl (C=O) groups is 2. The summed E-state index contributed by atoms with van der Waals surface area (Å²) >= 11 is 0. The van der Waals surface area contributed by atoms with Gasteiger partial charge in [-0.1, -0.05) is 0 Å². The Morgan fingerprint density at radius 3 is 2.68 bits per heavy atom. The Hall–Kier alpha value is -4.68. The fourth-order valence-electron chi connectivity index (χ4n) is 5.67. The molecule has 2 fully saturated rings. The first-order chi connectivity index (χ1) is 21.1. The van der Waals surface area contributed by atoms with Crippen molar-refractivity contribution in [3.05, 3.63) is 65.9 Å². The number of ether oxygens (including phenoxy) is 1. The van der Waals surface area contributed by atoms with Crippen LogP contribution in [0, 0.1) is 5.92 Å². The van der Waals surface area contributed by atoms with E-state index in [9.17, 15) is 22.8 Å². The largest absolute Gasteiger partial charge is 0.493 e. The molecule has 0 unspecified atom stereocenters. The minimum Gasteiger partial charge on any atom is -0.493 e. The van der Waals surface area contributed by atoms with E-state index in [1.807, 2.05) is 9.30 Å². The number of halogens is 3. The van der Waals surface area contributed by atoms with Gasteiger partial charge in [-0.05, 0) is 68.9 Å². The van der Waals surface area contributed by atoms with Crippen molar-refractivity contribution in [3.63, 3.8) is 0 Å². The third kappa shape index (κ3) is 6.03. The number of alkyl halides is 3. The van der Waals surface area contributed by atoms with Gasteiger partial charge in [0.2, 0.25) is 5.91 Å². The van der Waals surface area contributed by atoms with Crippen LogP contribution in [0.3, 0.4) is 0 Å². The third-order valence-corrected chi connectivity index (χ3v) is 8.04. The van der Waals surface area contributed by atoms with Gasteiger partial charge in [-0.15, -0.1) is 0 Å². The molecule has 13 heteroatoms. The number of nitrogens with zero attached hydrogens (tertiary/aromatic N) is 5. The van der Waals surface area contributed by atoms with Crippen molar-refractivity contribution in [3.8, 4) is 17.0 Å². The molecule has 3 N–H and O–H groups in total. The molecule has 1 aromatic carbocycles. The Morgan fingerprint density at radius 1 is 1.11 bits per heavy atom. The number of rotatable bonds is 8. The highest BCUT2D eigenvalue weighted by atomic mass is 19.4. The quantitative estimate of drug-likeness (QED) is 0.269. The second-order valence-corrected chi connectivity index (χ2v) is 11.2. The van der Waals surface area contributed by atoms with Crippen LogP contribution >= 0.6 is 0 Å². The van der Waals surface area contributed by atoms with Crippen LogP contribution in [0.4, 0.5) is 24.8 Å². The van der Waals surface area contributed by atoms with Crippen LogP contribution in [0.5, 0.6) is 5.75 Å². The summed E-state index contributed by atoms with van der Waals surface area (Å²) in [5, 5.41) is 2.43. The van der Waals surface area contributed by atoms with Crippen molar-refractivity contribution in [1.82, 2.24) is 24.3 Å². The number of carbonyl (C=O) groups excluding carboxylic acids is 2. The molecule has 3 aromatic heterocycles. The normalized spacial score (nSPS) is 17.1. The SMILES string of the molecule is CCOc1cc(C(=O)Nc2cc(C(F)(F)F)ccn2)ccc1-c1nc([C@@H]2CCCN(C(=O)CC3CC3)C2)n2ccnc(N)c12. The molecule has 10 nitrogen and oxygen atoms in total. The smallest absolute Gasteiger partial charge is 0.416 e. The number of nitrogens with one attached hydrogen (secondary N) is 1. The second kappa shape index (κ2) is 11.8. The Bertz CT molecular complexity index is 1720. The van der Waals surface area contributed by atoms with Gasteiger partial charge in [0, 0.05) is 55.1 Å². The number of nitrogens with two attached hydrogens (primary N) is 1. The highest BCUT2D eigenvalue weighted by Gasteiger charge is 2.33. The van der Waals surface area contributed by atoms with E-state index >= 15 is 0 Å². The molecule has 0 radical (unpaired) electrons. The topological polar surface area (TPSA) is 128 Å². The average Bonchev–Trinajstić information content (AvgIpc) is 3.73. The van der Waals surface area contributed by atoms with Gasteiger partial charge in [-0.25, -0.2) is 15.0 Å². The zero-order valence-electron chi connectivity index (χ0n) is 24.1. The summed E-state index contributed by atoms with van der Waals surface area (Å²) in [4.78, 5) is 41.1. The van der Waals surface area contributed by atoms with E-state index < -0.39 is 17.6 Å². The van der Waals surface area contributed by atoms with Gasteiger partial charge in [0.05, 0.1) is 12.2 Å². The van der Waals surface area contributed by atoms with E-state index in [2.05, 4.69) is 15.3 Å². The van der Waals surface area contributed by atoms with Crippen LogP contribution < -0.4 is 15.8 Å². The highest BCUT2D eigenvalue weighted by molar-refractivity contribution is 6.04. The molecule has 2 amide bonds. The number of aromatic nitrogens is 4.